The fourth-order valence-electron chi connectivity index (χ4n) is 1.84. The van der Waals surface area contributed by atoms with Gasteiger partial charge in [-0.2, -0.15) is 0 Å². The third kappa shape index (κ3) is 3.90. The Kier molecular flexibility index (Phi) is 4.69. The number of halogens is 1. The van der Waals surface area contributed by atoms with Crippen LogP contribution >= 0.6 is 11.6 Å². The van der Waals surface area contributed by atoms with Gasteiger partial charge in [0.05, 0.1) is 0 Å². The summed E-state index contributed by atoms with van der Waals surface area (Å²) in [6, 6.07) is 13.8. The Hall–Kier alpha value is -1.67. The SMILES string of the molecule is Cc1cccc(OCCNc2cccc(Cl)c2)c1C. The normalized spacial score (nSPS) is 10.3. The van der Waals surface area contributed by atoms with Gasteiger partial charge < -0.3 is 10.1 Å². The number of rotatable bonds is 5. The van der Waals surface area contributed by atoms with Gasteiger partial charge in [0.1, 0.15) is 12.4 Å². The first-order valence-corrected chi connectivity index (χ1v) is 6.73. The van der Waals surface area contributed by atoms with Crippen LogP contribution in [0.15, 0.2) is 42.5 Å². The van der Waals surface area contributed by atoms with Crippen LogP contribution in [0.3, 0.4) is 0 Å². The highest BCUT2D eigenvalue weighted by Gasteiger charge is 2.01. The van der Waals surface area contributed by atoms with E-state index in [1.54, 1.807) is 0 Å². The number of aryl methyl sites for hydroxylation is 1. The maximum Gasteiger partial charge on any atom is 0.122 e. The van der Waals surface area contributed by atoms with Crippen molar-refractivity contribution in [3.63, 3.8) is 0 Å². The molecule has 0 aliphatic rings. The number of hydrogen-bond acceptors (Lipinski definition) is 2. The molecule has 3 heteroatoms. The Morgan fingerprint density at radius 3 is 2.68 bits per heavy atom. The molecular weight excluding hydrogens is 258 g/mol. The molecule has 0 radical (unpaired) electrons. The van der Waals surface area contributed by atoms with Crippen LogP contribution in [0.4, 0.5) is 5.69 Å². The van der Waals surface area contributed by atoms with Gasteiger partial charge in [0.25, 0.3) is 0 Å². The number of nitrogens with one attached hydrogen (secondary N) is 1. The molecule has 0 heterocycles. The summed E-state index contributed by atoms with van der Waals surface area (Å²) in [6.07, 6.45) is 0. The van der Waals surface area contributed by atoms with Crippen LogP contribution < -0.4 is 10.1 Å². The molecule has 100 valence electrons. The first kappa shape index (κ1) is 13.8. The smallest absolute Gasteiger partial charge is 0.122 e. The van der Waals surface area contributed by atoms with Crippen LogP contribution in [0, 0.1) is 13.8 Å². The summed E-state index contributed by atoms with van der Waals surface area (Å²) < 4.78 is 5.77. The minimum absolute atomic E-state index is 0.622. The molecule has 19 heavy (non-hydrogen) atoms. The van der Waals surface area contributed by atoms with Crippen LogP contribution in [0.2, 0.25) is 5.02 Å². The van der Waals surface area contributed by atoms with E-state index in [1.807, 2.05) is 36.4 Å². The Morgan fingerprint density at radius 2 is 1.89 bits per heavy atom. The molecule has 0 aromatic heterocycles. The van der Waals surface area contributed by atoms with Crippen LogP contribution in [-0.2, 0) is 0 Å². The second-order valence-electron chi connectivity index (χ2n) is 4.48. The van der Waals surface area contributed by atoms with Gasteiger partial charge in [-0.3, -0.25) is 0 Å². The predicted molar refractivity (Wildman–Crippen MR) is 81.4 cm³/mol. The fraction of sp³-hybridized carbons (Fsp3) is 0.250. The molecule has 2 nitrogen and oxygen atoms in total. The van der Waals surface area contributed by atoms with E-state index in [1.165, 1.54) is 11.1 Å². The van der Waals surface area contributed by atoms with Gasteiger partial charge in [-0.1, -0.05) is 29.8 Å². The van der Waals surface area contributed by atoms with Crippen LogP contribution in [-0.4, -0.2) is 13.2 Å². The second kappa shape index (κ2) is 6.48. The highest BCUT2D eigenvalue weighted by molar-refractivity contribution is 6.30. The molecule has 2 aromatic rings. The molecule has 1 N–H and O–H groups in total. The average Bonchev–Trinajstić information content (AvgIpc) is 2.39. The van der Waals surface area contributed by atoms with Crippen molar-refractivity contribution in [1.82, 2.24) is 0 Å². The molecule has 0 atom stereocenters. The first-order chi connectivity index (χ1) is 9.16. The van der Waals surface area contributed by atoms with E-state index < -0.39 is 0 Å². The summed E-state index contributed by atoms with van der Waals surface area (Å²) >= 11 is 5.92. The molecule has 0 fully saturated rings. The van der Waals surface area contributed by atoms with Crippen LogP contribution in [0.1, 0.15) is 11.1 Å². The zero-order valence-corrected chi connectivity index (χ0v) is 12.0. The maximum atomic E-state index is 5.92. The Labute approximate surface area is 119 Å². The lowest BCUT2D eigenvalue weighted by Gasteiger charge is -2.12. The molecule has 0 aliphatic carbocycles. The van der Waals surface area contributed by atoms with Gasteiger partial charge in [-0.15, -0.1) is 0 Å². The molecule has 0 spiro atoms. The zero-order chi connectivity index (χ0) is 13.7. The van der Waals surface area contributed by atoms with Crippen molar-refractivity contribution in [2.24, 2.45) is 0 Å². The number of hydrogen-bond donors (Lipinski definition) is 1. The monoisotopic (exact) mass is 275 g/mol. The summed E-state index contributed by atoms with van der Waals surface area (Å²) in [7, 11) is 0. The van der Waals surface area contributed by atoms with Crippen molar-refractivity contribution in [2.45, 2.75) is 13.8 Å². The van der Waals surface area contributed by atoms with Gasteiger partial charge in [-0.05, 0) is 49.2 Å². The van der Waals surface area contributed by atoms with Gasteiger partial charge in [-0.25, -0.2) is 0 Å². The van der Waals surface area contributed by atoms with Gasteiger partial charge in [0, 0.05) is 17.3 Å². The summed E-state index contributed by atoms with van der Waals surface area (Å²) in [6.45, 7) is 5.53. The quantitative estimate of drug-likeness (QED) is 0.814. The van der Waals surface area contributed by atoms with Crippen molar-refractivity contribution >= 4 is 17.3 Å². The number of benzene rings is 2. The third-order valence-corrected chi connectivity index (χ3v) is 3.30. The van der Waals surface area contributed by atoms with E-state index in [4.69, 9.17) is 16.3 Å². The maximum absolute atomic E-state index is 5.92. The van der Waals surface area contributed by atoms with Crippen molar-refractivity contribution in [3.8, 4) is 5.75 Å². The van der Waals surface area contributed by atoms with Gasteiger partial charge in [0.15, 0.2) is 0 Å². The largest absolute Gasteiger partial charge is 0.491 e. The van der Waals surface area contributed by atoms with Crippen molar-refractivity contribution in [1.29, 1.82) is 0 Å². The van der Waals surface area contributed by atoms with Crippen LogP contribution in [0.5, 0.6) is 5.75 Å². The molecule has 0 saturated heterocycles. The lowest BCUT2D eigenvalue weighted by Crippen LogP contribution is -2.12. The summed E-state index contributed by atoms with van der Waals surface area (Å²) in [5.74, 6) is 0.952. The fourth-order valence-corrected chi connectivity index (χ4v) is 2.03. The lowest BCUT2D eigenvalue weighted by molar-refractivity contribution is 0.330. The van der Waals surface area contributed by atoms with Gasteiger partial charge >= 0.3 is 0 Å². The van der Waals surface area contributed by atoms with E-state index in [-0.39, 0.29) is 0 Å². The highest BCUT2D eigenvalue weighted by Crippen LogP contribution is 2.20. The molecule has 0 bridgehead atoms. The zero-order valence-electron chi connectivity index (χ0n) is 11.2. The molecule has 2 aromatic carbocycles. The molecular formula is C16H18ClNO. The minimum Gasteiger partial charge on any atom is -0.491 e. The Balaban J connectivity index is 1.82. The second-order valence-corrected chi connectivity index (χ2v) is 4.92. The molecule has 0 amide bonds. The molecule has 0 saturated carbocycles. The summed E-state index contributed by atoms with van der Waals surface area (Å²) in [5, 5.41) is 4.02. The summed E-state index contributed by atoms with van der Waals surface area (Å²) in [5.41, 5.74) is 3.46. The van der Waals surface area contributed by atoms with E-state index in [0.717, 1.165) is 23.0 Å². The predicted octanol–water partition coefficient (Wildman–Crippen LogP) is 4.45. The van der Waals surface area contributed by atoms with Crippen molar-refractivity contribution in [2.75, 3.05) is 18.5 Å². The number of anilines is 1. The lowest BCUT2D eigenvalue weighted by atomic mass is 10.1. The topological polar surface area (TPSA) is 21.3 Å². The number of ether oxygens (including phenoxy) is 1. The van der Waals surface area contributed by atoms with Gasteiger partial charge in [0.2, 0.25) is 0 Å². The van der Waals surface area contributed by atoms with Crippen molar-refractivity contribution < 1.29 is 4.74 Å². The average molecular weight is 276 g/mol. The Bertz CT molecular complexity index is 554. The molecule has 2 rings (SSSR count). The van der Waals surface area contributed by atoms with Crippen molar-refractivity contribution in [3.05, 3.63) is 58.6 Å². The summed E-state index contributed by atoms with van der Waals surface area (Å²) in [4.78, 5) is 0. The first-order valence-electron chi connectivity index (χ1n) is 6.35. The van der Waals surface area contributed by atoms with E-state index >= 15 is 0 Å². The molecule has 0 unspecified atom stereocenters. The molecule has 0 aliphatic heterocycles. The Morgan fingerprint density at radius 1 is 1.11 bits per heavy atom. The minimum atomic E-state index is 0.622. The van der Waals surface area contributed by atoms with Crippen LogP contribution in [0.25, 0.3) is 0 Å². The van der Waals surface area contributed by atoms with E-state index in [9.17, 15) is 0 Å². The van der Waals surface area contributed by atoms with E-state index in [0.29, 0.717) is 6.61 Å². The third-order valence-electron chi connectivity index (χ3n) is 3.07. The van der Waals surface area contributed by atoms with E-state index in [2.05, 4.69) is 25.2 Å². The standard InChI is InChI=1S/C16H18ClNO/c1-12-5-3-8-16(13(12)2)19-10-9-18-15-7-4-6-14(17)11-15/h3-8,11,18H,9-10H2,1-2H3. The highest BCUT2D eigenvalue weighted by atomic mass is 35.5.